The first-order valence-corrected chi connectivity index (χ1v) is 20.9. The summed E-state index contributed by atoms with van der Waals surface area (Å²) in [4.78, 5) is 38.0. The van der Waals surface area contributed by atoms with Gasteiger partial charge in [0, 0.05) is 25.1 Å². The molecule has 1 N–H and O–H groups in total. The van der Waals surface area contributed by atoms with E-state index in [1.807, 2.05) is 0 Å². The van der Waals surface area contributed by atoms with Gasteiger partial charge in [0.15, 0.2) is 11.5 Å². The Morgan fingerprint density at radius 2 is 1.62 bits per heavy atom. The van der Waals surface area contributed by atoms with Gasteiger partial charge in [0.1, 0.15) is 34.6 Å². The molecule has 4 aromatic carbocycles. The highest BCUT2D eigenvalue weighted by molar-refractivity contribution is 7.92. The van der Waals surface area contributed by atoms with Gasteiger partial charge in [-0.3, -0.25) is 14.0 Å². The van der Waals surface area contributed by atoms with Crippen LogP contribution in [-0.4, -0.2) is 57.8 Å². The summed E-state index contributed by atoms with van der Waals surface area (Å²) < 4.78 is 85.8. The third-order valence-electron chi connectivity index (χ3n) is 9.53. The average Bonchev–Trinajstić information content (AvgIpc) is 3.52. The van der Waals surface area contributed by atoms with Crippen LogP contribution in [-0.2, 0) is 34.8 Å². The number of rotatable bonds is 11. The van der Waals surface area contributed by atoms with Crippen LogP contribution in [0.5, 0.6) is 5.75 Å². The Morgan fingerprint density at radius 3 is 2.26 bits per heavy atom. The highest BCUT2D eigenvalue weighted by atomic mass is 35.5. The molecule has 0 saturated carbocycles. The van der Waals surface area contributed by atoms with Gasteiger partial charge in [-0.2, -0.15) is 5.10 Å². The highest BCUT2D eigenvalue weighted by Crippen LogP contribution is 2.38. The lowest BCUT2D eigenvalue weighted by atomic mass is 10.0. The minimum absolute atomic E-state index is 0.0283. The molecule has 3 aromatic heterocycles. The normalized spacial score (nSPS) is 12.4. The first kappa shape index (κ1) is 42.7. The molecule has 0 spiro atoms. The van der Waals surface area contributed by atoms with Crippen LogP contribution >= 0.6 is 11.6 Å². The summed E-state index contributed by atoms with van der Waals surface area (Å²) in [6, 6.07) is 20.0. The molecule has 0 aliphatic heterocycles. The van der Waals surface area contributed by atoms with Crippen molar-refractivity contribution < 1.29 is 35.9 Å². The van der Waals surface area contributed by atoms with Crippen molar-refractivity contribution in [2.24, 2.45) is 7.05 Å². The van der Waals surface area contributed by atoms with Gasteiger partial charge < -0.3 is 14.8 Å². The van der Waals surface area contributed by atoms with Crippen molar-refractivity contribution in [2.75, 3.05) is 17.7 Å². The van der Waals surface area contributed by atoms with E-state index in [0.29, 0.717) is 17.4 Å². The van der Waals surface area contributed by atoms with E-state index < -0.39 is 50.8 Å². The number of methoxy groups -OCH3 is 1. The fraction of sp³-hybridized carbons (Fsp3) is 0.233. The number of hydrogen-bond donors (Lipinski definition) is 1. The van der Waals surface area contributed by atoms with E-state index in [2.05, 4.69) is 15.4 Å². The SMILES string of the molecule is COc1ccc(CN(c2nn(C)c3c(-n4c([C@H](Cc5cc(F)cc(F)c5)NC(=O)OC(C)(C)C)nc5nc(-c6ccccc6F)ccc5c4=O)ccc(Cl)c23)S(C)(=O)=O)cc1. The second-order valence-electron chi connectivity index (χ2n) is 15.2. The van der Waals surface area contributed by atoms with Crippen molar-refractivity contribution in [3.63, 3.8) is 0 Å². The molecule has 1 amide bonds. The number of hydrogen-bond acceptors (Lipinski definition) is 9. The number of aryl methyl sites for hydroxylation is 1. The largest absolute Gasteiger partial charge is 0.497 e. The van der Waals surface area contributed by atoms with Crippen molar-refractivity contribution in [1.82, 2.24) is 29.6 Å². The van der Waals surface area contributed by atoms with Gasteiger partial charge in [0.25, 0.3) is 5.56 Å². The number of anilines is 1. The standard InChI is InChI=1S/C43H39ClF3N7O6S/c1-43(2,3)60-42(56)49-34(21-25-19-26(45)22-27(46)20-25)39-50-38-30(15-17-33(48-38)29-9-7-8-10-32(29)47)41(55)54(39)35-18-16-31(44)36-37(35)52(4)51-40(36)53(61(6,57)58)23-24-11-13-28(59-5)14-12-24/h7-20,22,34H,21,23H2,1-6H3,(H,49,56)/t34-/m0/s1. The first-order chi connectivity index (χ1) is 28.8. The Balaban J connectivity index is 1.51. The van der Waals surface area contributed by atoms with Crippen LogP contribution in [0.15, 0.2) is 95.8 Å². The summed E-state index contributed by atoms with van der Waals surface area (Å²) >= 11 is 6.88. The zero-order valence-electron chi connectivity index (χ0n) is 33.7. The predicted molar refractivity (Wildman–Crippen MR) is 226 cm³/mol. The van der Waals surface area contributed by atoms with E-state index in [-0.39, 0.29) is 74.1 Å². The van der Waals surface area contributed by atoms with Gasteiger partial charge in [-0.05, 0) is 92.6 Å². The number of ether oxygens (including phenoxy) is 2. The minimum Gasteiger partial charge on any atom is -0.497 e. The fourth-order valence-corrected chi connectivity index (χ4v) is 7.99. The molecule has 316 valence electrons. The van der Waals surface area contributed by atoms with Gasteiger partial charge in [-0.25, -0.2) is 40.7 Å². The summed E-state index contributed by atoms with van der Waals surface area (Å²) in [5.41, 5.74) is -0.630. The molecule has 3 heterocycles. The molecule has 0 bridgehead atoms. The summed E-state index contributed by atoms with van der Waals surface area (Å²) in [5, 5.41) is 7.56. The molecular formula is C43H39ClF3N7O6S. The molecule has 7 aromatic rings. The zero-order valence-corrected chi connectivity index (χ0v) is 35.3. The smallest absolute Gasteiger partial charge is 0.408 e. The van der Waals surface area contributed by atoms with E-state index in [1.165, 1.54) is 65.9 Å². The maximum absolute atomic E-state index is 15.0. The Hall–Kier alpha value is -6.46. The topological polar surface area (TPSA) is 151 Å². The first-order valence-electron chi connectivity index (χ1n) is 18.7. The van der Waals surface area contributed by atoms with Crippen molar-refractivity contribution in [3.05, 3.63) is 141 Å². The van der Waals surface area contributed by atoms with Crippen LogP contribution in [0, 0.1) is 17.5 Å². The van der Waals surface area contributed by atoms with E-state index in [4.69, 9.17) is 26.1 Å². The molecule has 13 nitrogen and oxygen atoms in total. The van der Waals surface area contributed by atoms with Gasteiger partial charge in [-0.1, -0.05) is 35.9 Å². The molecular weight excluding hydrogens is 835 g/mol. The van der Waals surface area contributed by atoms with Crippen LogP contribution in [0.1, 0.15) is 43.8 Å². The van der Waals surface area contributed by atoms with Crippen LogP contribution in [0.25, 0.3) is 38.9 Å². The van der Waals surface area contributed by atoms with Crippen molar-refractivity contribution >= 4 is 55.5 Å². The maximum Gasteiger partial charge on any atom is 0.408 e. The van der Waals surface area contributed by atoms with Crippen LogP contribution in [0.2, 0.25) is 5.02 Å². The molecule has 1 atom stereocenters. The third-order valence-corrected chi connectivity index (χ3v) is 11.0. The third kappa shape index (κ3) is 9.02. The van der Waals surface area contributed by atoms with E-state index in [0.717, 1.165) is 22.7 Å². The van der Waals surface area contributed by atoms with Crippen molar-refractivity contribution in [1.29, 1.82) is 0 Å². The maximum atomic E-state index is 15.0. The van der Waals surface area contributed by atoms with Crippen LogP contribution in [0.4, 0.5) is 23.8 Å². The molecule has 61 heavy (non-hydrogen) atoms. The van der Waals surface area contributed by atoms with Gasteiger partial charge >= 0.3 is 6.09 Å². The van der Waals surface area contributed by atoms with Gasteiger partial charge in [0.05, 0.1) is 58.6 Å². The lowest BCUT2D eigenvalue weighted by Gasteiger charge is -2.26. The summed E-state index contributed by atoms with van der Waals surface area (Å²) in [7, 11) is -0.990. The molecule has 0 fully saturated rings. The predicted octanol–water partition coefficient (Wildman–Crippen LogP) is 8.19. The molecule has 0 radical (unpaired) electrons. The number of fused-ring (bicyclic) bond motifs is 2. The minimum atomic E-state index is -4.03. The Kier molecular flexibility index (Phi) is 11.6. The number of aromatic nitrogens is 5. The van der Waals surface area contributed by atoms with E-state index in [9.17, 15) is 22.0 Å². The number of benzene rings is 4. The second kappa shape index (κ2) is 16.5. The lowest BCUT2D eigenvalue weighted by molar-refractivity contribution is 0.0500. The number of nitrogens with zero attached hydrogens (tertiary/aromatic N) is 6. The number of nitrogens with one attached hydrogen (secondary N) is 1. The Morgan fingerprint density at radius 1 is 0.934 bits per heavy atom. The number of sulfonamides is 1. The van der Waals surface area contributed by atoms with Gasteiger partial charge in [-0.15, -0.1) is 0 Å². The molecule has 0 aliphatic carbocycles. The number of amides is 1. The van der Waals surface area contributed by atoms with Gasteiger partial charge in [0.2, 0.25) is 10.0 Å². The Bertz CT molecular complexity index is 2990. The average molecular weight is 874 g/mol. The molecule has 18 heteroatoms. The number of halogens is 4. The quantitative estimate of drug-likeness (QED) is 0.136. The van der Waals surface area contributed by atoms with Crippen LogP contribution < -0.4 is 19.9 Å². The molecule has 0 saturated heterocycles. The Labute approximate surface area is 353 Å². The summed E-state index contributed by atoms with van der Waals surface area (Å²) in [6.07, 6.45) is -0.250. The van der Waals surface area contributed by atoms with E-state index in [1.54, 1.807) is 51.1 Å². The zero-order chi connectivity index (χ0) is 44.0. The van der Waals surface area contributed by atoms with E-state index >= 15 is 9.18 Å². The van der Waals surface area contributed by atoms with Crippen molar-refractivity contribution in [2.45, 2.75) is 45.4 Å². The number of carbonyl (C=O) groups excluding carboxylic acids is 1. The second-order valence-corrected chi connectivity index (χ2v) is 17.5. The lowest BCUT2D eigenvalue weighted by Crippen LogP contribution is -2.39. The fourth-order valence-electron chi connectivity index (χ4n) is 6.93. The molecule has 0 unspecified atom stereocenters. The monoisotopic (exact) mass is 873 g/mol. The highest BCUT2D eigenvalue weighted by Gasteiger charge is 2.31. The molecule has 0 aliphatic rings. The number of alkyl carbamates (subject to hydrolysis) is 1. The molecule has 7 rings (SSSR count). The summed E-state index contributed by atoms with van der Waals surface area (Å²) in [5.74, 6) is -2.03. The summed E-state index contributed by atoms with van der Waals surface area (Å²) in [6.45, 7) is 4.77. The number of pyridine rings is 1. The van der Waals surface area contributed by atoms with Crippen LogP contribution in [0.3, 0.4) is 0 Å². The number of carbonyl (C=O) groups is 1. The van der Waals surface area contributed by atoms with Crippen molar-refractivity contribution in [3.8, 4) is 22.7 Å².